The summed E-state index contributed by atoms with van der Waals surface area (Å²) >= 11 is 0. The minimum Gasteiger partial charge on any atom is -0.338 e. The molecular formula is C20H24N4O2. The predicted octanol–water partition coefficient (Wildman–Crippen LogP) is 2.22. The lowest BCUT2D eigenvalue weighted by atomic mass is 9.84. The second-order valence-corrected chi connectivity index (χ2v) is 7.38. The summed E-state index contributed by atoms with van der Waals surface area (Å²) < 4.78 is 1.65. The molecule has 4 rings (SSSR count). The molecule has 2 aliphatic rings. The monoisotopic (exact) mass is 352 g/mol. The van der Waals surface area contributed by atoms with Gasteiger partial charge in [-0.2, -0.15) is 5.10 Å². The van der Waals surface area contributed by atoms with E-state index in [0.717, 1.165) is 24.8 Å². The molecule has 1 aromatic heterocycles. The molecule has 2 saturated heterocycles. The molecule has 0 unspecified atom stereocenters. The molecule has 1 aromatic carbocycles. The first-order valence-electron chi connectivity index (χ1n) is 9.20. The van der Waals surface area contributed by atoms with Crippen molar-refractivity contribution in [2.75, 3.05) is 13.1 Å². The molecule has 136 valence electrons. The molecular weight excluding hydrogens is 328 g/mol. The zero-order valence-electron chi connectivity index (χ0n) is 15.1. The molecule has 6 heteroatoms. The van der Waals surface area contributed by atoms with Crippen LogP contribution in [0.1, 0.15) is 41.6 Å². The molecule has 3 heterocycles. The van der Waals surface area contributed by atoms with Crippen molar-refractivity contribution in [3.63, 3.8) is 0 Å². The number of aromatic nitrogens is 2. The first-order valence-corrected chi connectivity index (χ1v) is 9.20. The molecule has 2 aromatic rings. The molecule has 2 amide bonds. The van der Waals surface area contributed by atoms with E-state index in [1.807, 2.05) is 30.1 Å². The summed E-state index contributed by atoms with van der Waals surface area (Å²) in [7, 11) is 1.81. The van der Waals surface area contributed by atoms with Gasteiger partial charge >= 0.3 is 0 Å². The minimum atomic E-state index is -0.0986. The fourth-order valence-electron chi connectivity index (χ4n) is 4.26. The van der Waals surface area contributed by atoms with E-state index in [4.69, 9.17) is 0 Å². The molecule has 2 fully saturated rings. The third kappa shape index (κ3) is 3.00. The molecule has 2 aliphatic heterocycles. The molecule has 0 bridgehead atoms. The Hall–Kier alpha value is -2.63. The maximum absolute atomic E-state index is 12.6. The number of likely N-dealkylation sites (tertiary alicyclic amines) is 2. The van der Waals surface area contributed by atoms with Gasteiger partial charge in [0.2, 0.25) is 5.91 Å². The van der Waals surface area contributed by atoms with E-state index in [-0.39, 0.29) is 17.4 Å². The standard InChI is InChI=1S/C20H24N4O2/c1-22-15-17(13-21-22)19(26)23-11-9-20(10-12-23)8-7-18(25)24(20)14-16-5-3-2-4-6-16/h2-6,13,15H,7-12,14H2,1H3. The van der Waals surface area contributed by atoms with Crippen LogP contribution in [0.15, 0.2) is 42.7 Å². The number of carbonyl (C=O) groups is 2. The lowest BCUT2D eigenvalue weighted by Crippen LogP contribution is -2.53. The molecule has 1 spiro atoms. The van der Waals surface area contributed by atoms with Crippen LogP contribution >= 0.6 is 0 Å². The topological polar surface area (TPSA) is 58.4 Å². The number of carbonyl (C=O) groups excluding carboxylic acids is 2. The van der Waals surface area contributed by atoms with Crippen molar-refractivity contribution in [3.8, 4) is 0 Å². The number of nitrogens with zero attached hydrogens (tertiary/aromatic N) is 4. The quantitative estimate of drug-likeness (QED) is 0.851. The number of hydrogen-bond donors (Lipinski definition) is 0. The summed E-state index contributed by atoms with van der Waals surface area (Å²) in [6.07, 6.45) is 6.58. The van der Waals surface area contributed by atoms with Gasteiger partial charge in [-0.3, -0.25) is 14.3 Å². The van der Waals surface area contributed by atoms with E-state index >= 15 is 0 Å². The maximum atomic E-state index is 12.6. The number of piperidine rings is 1. The van der Waals surface area contributed by atoms with Gasteiger partial charge in [0.1, 0.15) is 0 Å². The molecule has 26 heavy (non-hydrogen) atoms. The molecule has 0 saturated carbocycles. The van der Waals surface area contributed by atoms with Crippen molar-refractivity contribution < 1.29 is 9.59 Å². The Morgan fingerprint density at radius 3 is 2.54 bits per heavy atom. The van der Waals surface area contributed by atoms with Crippen LogP contribution in [0.3, 0.4) is 0 Å². The van der Waals surface area contributed by atoms with Crippen molar-refractivity contribution in [2.24, 2.45) is 7.05 Å². The van der Waals surface area contributed by atoms with Crippen molar-refractivity contribution in [2.45, 2.75) is 37.8 Å². The van der Waals surface area contributed by atoms with Crippen LogP contribution in [0, 0.1) is 0 Å². The lowest BCUT2D eigenvalue weighted by Gasteiger charge is -2.45. The average Bonchev–Trinajstić information content (AvgIpc) is 3.22. The molecule has 0 aliphatic carbocycles. The normalized spacial score (nSPS) is 19.3. The Kier molecular flexibility index (Phi) is 4.26. The van der Waals surface area contributed by atoms with Gasteiger partial charge in [-0.25, -0.2) is 0 Å². The first-order chi connectivity index (χ1) is 12.6. The highest BCUT2D eigenvalue weighted by Crippen LogP contribution is 2.40. The van der Waals surface area contributed by atoms with E-state index in [2.05, 4.69) is 22.1 Å². The third-order valence-corrected chi connectivity index (χ3v) is 5.79. The number of amides is 2. The van der Waals surface area contributed by atoms with Gasteiger partial charge in [0.15, 0.2) is 0 Å². The minimum absolute atomic E-state index is 0.0342. The molecule has 6 nitrogen and oxygen atoms in total. The number of hydrogen-bond acceptors (Lipinski definition) is 3. The summed E-state index contributed by atoms with van der Waals surface area (Å²) in [5, 5.41) is 4.09. The van der Waals surface area contributed by atoms with Crippen LogP contribution in [0.25, 0.3) is 0 Å². The Bertz CT molecular complexity index is 806. The summed E-state index contributed by atoms with van der Waals surface area (Å²) in [4.78, 5) is 29.1. The Morgan fingerprint density at radius 1 is 1.15 bits per heavy atom. The van der Waals surface area contributed by atoms with Crippen molar-refractivity contribution in [1.82, 2.24) is 19.6 Å². The van der Waals surface area contributed by atoms with Gasteiger partial charge in [0.25, 0.3) is 5.91 Å². The van der Waals surface area contributed by atoms with Gasteiger partial charge in [0.05, 0.1) is 11.8 Å². The van der Waals surface area contributed by atoms with Gasteiger partial charge < -0.3 is 9.80 Å². The van der Waals surface area contributed by atoms with Gasteiger partial charge in [-0.05, 0) is 24.8 Å². The molecule has 0 atom stereocenters. The van der Waals surface area contributed by atoms with Crippen LogP contribution < -0.4 is 0 Å². The number of benzene rings is 1. The lowest BCUT2D eigenvalue weighted by molar-refractivity contribution is -0.133. The summed E-state index contributed by atoms with van der Waals surface area (Å²) in [6.45, 7) is 2.04. The van der Waals surface area contributed by atoms with Crippen LogP contribution in [-0.2, 0) is 18.4 Å². The predicted molar refractivity (Wildman–Crippen MR) is 97.3 cm³/mol. The summed E-state index contributed by atoms with van der Waals surface area (Å²) in [6, 6.07) is 10.2. The fraction of sp³-hybridized carbons (Fsp3) is 0.450. The maximum Gasteiger partial charge on any atom is 0.257 e. The van der Waals surface area contributed by atoms with Crippen molar-refractivity contribution in [1.29, 1.82) is 0 Å². The van der Waals surface area contributed by atoms with Crippen LogP contribution in [0.2, 0.25) is 0 Å². The highest BCUT2D eigenvalue weighted by Gasteiger charge is 2.47. The summed E-state index contributed by atoms with van der Waals surface area (Å²) in [5.74, 6) is 0.271. The SMILES string of the molecule is Cn1cc(C(=O)N2CCC3(CCC(=O)N3Cc3ccccc3)CC2)cn1. The zero-order chi connectivity index (χ0) is 18.1. The Morgan fingerprint density at radius 2 is 1.88 bits per heavy atom. The second kappa shape index (κ2) is 6.59. The molecule has 0 N–H and O–H groups in total. The number of aryl methyl sites for hydroxylation is 1. The van der Waals surface area contributed by atoms with Gasteiger partial charge in [-0.1, -0.05) is 30.3 Å². The smallest absolute Gasteiger partial charge is 0.257 e. The van der Waals surface area contributed by atoms with Crippen LogP contribution in [0.4, 0.5) is 0 Å². The Balaban J connectivity index is 1.46. The van der Waals surface area contributed by atoms with E-state index in [1.54, 1.807) is 17.1 Å². The van der Waals surface area contributed by atoms with Crippen molar-refractivity contribution >= 4 is 11.8 Å². The second-order valence-electron chi connectivity index (χ2n) is 7.38. The van der Waals surface area contributed by atoms with Gasteiger partial charge in [-0.15, -0.1) is 0 Å². The van der Waals surface area contributed by atoms with E-state index in [0.29, 0.717) is 31.6 Å². The third-order valence-electron chi connectivity index (χ3n) is 5.79. The largest absolute Gasteiger partial charge is 0.338 e. The first kappa shape index (κ1) is 16.8. The van der Waals surface area contributed by atoms with E-state index < -0.39 is 0 Å². The highest BCUT2D eigenvalue weighted by molar-refractivity contribution is 5.93. The zero-order valence-corrected chi connectivity index (χ0v) is 15.1. The average molecular weight is 352 g/mol. The van der Waals surface area contributed by atoms with Gasteiger partial charge in [0, 0.05) is 44.8 Å². The fourth-order valence-corrected chi connectivity index (χ4v) is 4.26. The molecule has 0 radical (unpaired) electrons. The van der Waals surface area contributed by atoms with Crippen molar-refractivity contribution in [3.05, 3.63) is 53.9 Å². The Labute approximate surface area is 153 Å². The van der Waals surface area contributed by atoms with Crippen LogP contribution in [0.5, 0.6) is 0 Å². The number of rotatable bonds is 3. The van der Waals surface area contributed by atoms with E-state index in [1.165, 1.54) is 0 Å². The highest BCUT2D eigenvalue weighted by atomic mass is 16.2. The summed E-state index contributed by atoms with van der Waals surface area (Å²) in [5.41, 5.74) is 1.70. The van der Waals surface area contributed by atoms with E-state index in [9.17, 15) is 9.59 Å². The van der Waals surface area contributed by atoms with Crippen LogP contribution in [-0.4, -0.2) is 50.0 Å².